The number of benzene rings is 1. The lowest BCUT2D eigenvalue weighted by atomic mass is 10.1. The van der Waals surface area contributed by atoms with Gasteiger partial charge in [0.05, 0.1) is 11.0 Å². The van der Waals surface area contributed by atoms with Crippen molar-refractivity contribution in [2.45, 2.75) is 33.2 Å². The summed E-state index contributed by atoms with van der Waals surface area (Å²) in [5.74, 6) is -0.681. The summed E-state index contributed by atoms with van der Waals surface area (Å²) in [5, 5.41) is 22.8. The lowest BCUT2D eigenvalue weighted by Gasteiger charge is -2.16. The summed E-state index contributed by atoms with van der Waals surface area (Å²) in [6, 6.07) is 2.15. The van der Waals surface area contributed by atoms with E-state index < -0.39 is 16.9 Å². The van der Waals surface area contributed by atoms with Gasteiger partial charge in [-0.2, -0.15) is 0 Å². The second-order valence-electron chi connectivity index (χ2n) is 4.82. The van der Waals surface area contributed by atoms with E-state index >= 15 is 0 Å². The highest BCUT2D eigenvalue weighted by molar-refractivity contribution is 5.73. The molecule has 1 unspecified atom stereocenters. The zero-order valence-electron chi connectivity index (χ0n) is 12.4. The lowest BCUT2D eigenvalue weighted by Crippen LogP contribution is -2.41. The van der Waals surface area contributed by atoms with Crippen LogP contribution >= 0.6 is 0 Å². The van der Waals surface area contributed by atoms with Crippen molar-refractivity contribution in [2.24, 2.45) is 0 Å². The topological polar surface area (TPSA) is 102 Å². The molecule has 0 heterocycles. The van der Waals surface area contributed by atoms with E-state index in [2.05, 4.69) is 5.32 Å². The van der Waals surface area contributed by atoms with Crippen molar-refractivity contribution in [3.63, 3.8) is 0 Å². The number of nitrogens with one attached hydrogen (secondary N) is 1. The van der Waals surface area contributed by atoms with Gasteiger partial charge >= 0.3 is 5.97 Å². The first kappa shape index (κ1) is 16.9. The number of carbonyl (C=O) groups is 1. The summed E-state index contributed by atoms with van der Waals surface area (Å²) < 4.78 is 5.46. The number of hydrogen-bond donors (Lipinski definition) is 2. The molecule has 1 aromatic rings. The first-order chi connectivity index (χ1) is 9.86. The Morgan fingerprint density at radius 1 is 1.43 bits per heavy atom. The highest BCUT2D eigenvalue weighted by Crippen LogP contribution is 2.28. The molecule has 21 heavy (non-hydrogen) atoms. The number of aryl methyl sites for hydroxylation is 2. The van der Waals surface area contributed by atoms with E-state index in [1.54, 1.807) is 19.9 Å². The van der Waals surface area contributed by atoms with Crippen molar-refractivity contribution in [2.75, 3.05) is 13.2 Å². The SMILES string of the molecule is CCCNC(COc1cc([N+](=O)[O-])c(C)cc1C)C(=O)O. The van der Waals surface area contributed by atoms with Crippen molar-refractivity contribution in [1.29, 1.82) is 0 Å². The number of ether oxygens (including phenoxy) is 1. The Labute approximate surface area is 123 Å². The molecule has 0 radical (unpaired) electrons. The van der Waals surface area contributed by atoms with Gasteiger partial charge in [-0.15, -0.1) is 0 Å². The van der Waals surface area contributed by atoms with Crippen LogP contribution in [0.4, 0.5) is 5.69 Å². The molecular weight excluding hydrogens is 276 g/mol. The Hall–Kier alpha value is -2.15. The third-order valence-electron chi connectivity index (χ3n) is 3.03. The van der Waals surface area contributed by atoms with Crippen LogP contribution in [0.2, 0.25) is 0 Å². The predicted molar refractivity (Wildman–Crippen MR) is 77.8 cm³/mol. The maximum Gasteiger partial charge on any atom is 0.324 e. The van der Waals surface area contributed by atoms with E-state index in [1.807, 2.05) is 6.92 Å². The van der Waals surface area contributed by atoms with Gasteiger partial charge in [0.25, 0.3) is 5.69 Å². The molecule has 0 saturated heterocycles. The first-order valence-corrected chi connectivity index (χ1v) is 6.71. The molecule has 0 aromatic heterocycles. The Morgan fingerprint density at radius 2 is 2.10 bits per heavy atom. The number of carboxylic acid groups (broad SMARTS) is 1. The third-order valence-corrected chi connectivity index (χ3v) is 3.03. The number of nitrogens with zero attached hydrogens (tertiary/aromatic N) is 1. The van der Waals surface area contributed by atoms with Crippen molar-refractivity contribution in [1.82, 2.24) is 5.32 Å². The Bertz CT molecular complexity index is 530. The summed E-state index contributed by atoms with van der Waals surface area (Å²) in [7, 11) is 0. The molecule has 0 bridgehead atoms. The minimum Gasteiger partial charge on any atom is -0.491 e. The fourth-order valence-electron chi connectivity index (χ4n) is 1.88. The van der Waals surface area contributed by atoms with Gasteiger partial charge in [0.15, 0.2) is 0 Å². The Morgan fingerprint density at radius 3 is 2.62 bits per heavy atom. The fourth-order valence-corrected chi connectivity index (χ4v) is 1.88. The summed E-state index contributed by atoms with van der Waals surface area (Å²) in [6.07, 6.45) is 0.804. The molecule has 1 aromatic carbocycles. The van der Waals surface area contributed by atoms with Crippen molar-refractivity contribution in [3.8, 4) is 5.75 Å². The molecule has 0 aliphatic carbocycles. The van der Waals surface area contributed by atoms with Crippen molar-refractivity contribution < 1.29 is 19.6 Å². The maximum absolute atomic E-state index is 11.1. The van der Waals surface area contributed by atoms with Gasteiger partial charge in [0, 0.05) is 5.56 Å². The van der Waals surface area contributed by atoms with E-state index in [9.17, 15) is 14.9 Å². The number of hydrogen-bond acceptors (Lipinski definition) is 5. The Kier molecular flexibility index (Phi) is 6.10. The number of aliphatic carboxylic acids is 1. The standard InChI is InChI=1S/C14H20N2O5/c1-4-5-15-11(14(17)18)8-21-13-7-12(16(19)20)9(2)6-10(13)3/h6-7,11,15H,4-5,8H2,1-3H3,(H,17,18). The number of rotatable bonds is 8. The molecule has 1 rings (SSSR count). The van der Waals surface area contributed by atoms with Crippen LogP contribution in [0.3, 0.4) is 0 Å². The third kappa shape index (κ3) is 4.71. The molecule has 7 heteroatoms. The average molecular weight is 296 g/mol. The largest absolute Gasteiger partial charge is 0.491 e. The molecular formula is C14H20N2O5. The van der Waals surface area contributed by atoms with E-state index in [0.29, 0.717) is 17.9 Å². The molecule has 116 valence electrons. The van der Waals surface area contributed by atoms with Gasteiger partial charge in [0.1, 0.15) is 18.4 Å². The van der Waals surface area contributed by atoms with Gasteiger partial charge in [-0.1, -0.05) is 6.92 Å². The van der Waals surface area contributed by atoms with Crippen LogP contribution in [0.15, 0.2) is 12.1 Å². The normalized spacial score (nSPS) is 12.0. The minimum atomic E-state index is -1.01. The zero-order chi connectivity index (χ0) is 16.0. The second-order valence-corrected chi connectivity index (χ2v) is 4.82. The van der Waals surface area contributed by atoms with E-state index in [0.717, 1.165) is 12.0 Å². The molecule has 7 nitrogen and oxygen atoms in total. The number of carboxylic acids is 1. The van der Waals surface area contributed by atoms with Crippen LogP contribution in [-0.2, 0) is 4.79 Å². The lowest BCUT2D eigenvalue weighted by molar-refractivity contribution is -0.385. The van der Waals surface area contributed by atoms with Crippen LogP contribution in [0, 0.1) is 24.0 Å². The molecule has 2 N–H and O–H groups in total. The summed E-state index contributed by atoms with van der Waals surface area (Å²) in [6.45, 7) is 5.82. The van der Waals surface area contributed by atoms with Gasteiger partial charge in [-0.05, 0) is 38.4 Å². The summed E-state index contributed by atoms with van der Waals surface area (Å²) >= 11 is 0. The van der Waals surface area contributed by atoms with Crippen molar-refractivity contribution in [3.05, 3.63) is 33.4 Å². The van der Waals surface area contributed by atoms with Gasteiger partial charge in [-0.3, -0.25) is 14.9 Å². The highest BCUT2D eigenvalue weighted by atomic mass is 16.6. The summed E-state index contributed by atoms with van der Waals surface area (Å²) in [5.41, 5.74) is 1.24. The molecule has 0 aliphatic heterocycles. The predicted octanol–water partition coefficient (Wildman–Crippen LogP) is 2.04. The monoisotopic (exact) mass is 296 g/mol. The minimum absolute atomic E-state index is 0.0380. The quantitative estimate of drug-likeness (QED) is 0.562. The van der Waals surface area contributed by atoms with E-state index in [4.69, 9.17) is 9.84 Å². The van der Waals surface area contributed by atoms with Crippen LogP contribution in [0.1, 0.15) is 24.5 Å². The second kappa shape index (κ2) is 7.58. The highest BCUT2D eigenvalue weighted by Gasteiger charge is 2.19. The zero-order valence-corrected chi connectivity index (χ0v) is 12.4. The number of nitro groups is 1. The molecule has 0 saturated carbocycles. The van der Waals surface area contributed by atoms with E-state index in [1.165, 1.54) is 6.07 Å². The Balaban J connectivity index is 2.84. The van der Waals surface area contributed by atoms with Crippen LogP contribution < -0.4 is 10.1 Å². The average Bonchev–Trinajstić information content (AvgIpc) is 2.39. The smallest absolute Gasteiger partial charge is 0.324 e. The molecule has 1 atom stereocenters. The van der Waals surface area contributed by atoms with Gasteiger partial charge in [0.2, 0.25) is 0 Å². The maximum atomic E-state index is 11.1. The molecule has 0 aliphatic rings. The summed E-state index contributed by atoms with van der Waals surface area (Å²) in [4.78, 5) is 21.5. The molecule has 0 amide bonds. The van der Waals surface area contributed by atoms with Crippen LogP contribution in [-0.4, -0.2) is 35.2 Å². The van der Waals surface area contributed by atoms with Crippen LogP contribution in [0.5, 0.6) is 5.75 Å². The van der Waals surface area contributed by atoms with Crippen molar-refractivity contribution >= 4 is 11.7 Å². The molecule has 0 fully saturated rings. The van der Waals surface area contributed by atoms with Gasteiger partial charge in [-0.25, -0.2) is 0 Å². The van der Waals surface area contributed by atoms with Gasteiger partial charge < -0.3 is 15.2 Å². The first-order valence-electron chi connectivity index (χ1n) is 6.71. The molecule has 0 spiro atoms. The van der Waals surface area contributed by atoms with Crippen LogP contribution in [0.25, 0.3) is 0 Å². The number of nitro benzene ring substituents is 1. The van der Waals surface area contributed by atoms with E-state index in [-0.39, 0.29) is 12.3 Å². The fraction of sp³-hybridized carbons (Fsp3) is 0.500.